The SMILES string of the molecule is CC(ON1C(C)(C)C=CCC1(C)C)c1ccc(OCC2CO2)cc1. The predicted molar refractivity (Wildman–Crippen MR) is 94.9 cm³/mol. The molecule has 0 aliphatic carbocycles. The Bertz CT molecular complexity index is 587. The molecular weight excluding hydrogens is 302 g/mol. The van der Waals surface area contributed by atoms with Crippen molar-refractivity contribution in [2.45, 2.75) is 64.3 Å². The van der Waals surface area contributed by atoms with Gasteiger partial charge in [0.15, 0.2) is 0 Å². The molecule has 0 amide bonds. The van der Waals surface area contributed by atoms with E-state index in [0.29, 0.717) is 6.61 Å². The van der Waals surface area contributed by atoms with E-state index < -0.39 is 0 Å². The van der Waals surface area contributed by atoms with Gasteiger partial charge in [-0.2, -0.15) is 5.06 Å². The van der Waals surface area contributed by atoms with Crippen LogP contribution < -0.4 is 4.74 Å². The summed E-state index contributed by atoms with van der Waals surface area (Å²) in [5, 5.41) is 2.14. The number of benzene rings is 1. The van der Waals surface area contributed by atoms with E-state index in [9.17, 15) is 0 Å². The van der Waals surface area contributed by atoms with E-state index in [1.54, 1.807) is 0 Å². The average Bonchev–Trinajstić information content (AvgIpc) is 3.33. The molecule has 1 fully saturated rings. The van der Waals surface area contributed by atoms with Gasteiger partial charge in [-0.05, 0) is 58.7 Å². The van der Waals surface area contributed by atoms with Crippen LogP contribution in [-0.4, -0.2) is 35.5 Å². The zero-order valence-electron chi connectivity index (χ0n) is 15.4. The standard InChI is InChI=1S/C20H29NO3/c1-15(24-21-19(2,3)11-6-12-20(21,4)5)16-7-9-17(10-8-16)22-13-18-14-23-18/h6-11,15,18H,12-14H2,1-5H3. The number of rotatable bonds is 6. The van der Waals surface area contributed by atoms with Crippen LogP contribution >= 0.6 is 0 Å². The van der Waals surface area contributed by atoms with E-state index in [2.05, 4.69) is 64.0 Å². The molecule has 1 aromatic carbocycles. The number of hydrogen-bond acceptors (Lipinski definition) is 4. The maximum Gasteiger partial charge on any atom is 0.119 e. The van der Waals surface area contributed by atoms with Gasteiger partial charge in [0.05, 0.1) is 12.1 Å². The van der Waals surface area contributed by atoms with Crippen molar-refractivity contribution in [1.82, 2.24) is 5.06 Å². The van der Waals surface area contributed by atoms with Gasteiger partial charge in [0.2, 0.25) is 0 Å². The Morgan fingerprint density at radius 3 is 2.46 bits per heavy atom. The third-order valence-electron chi connectivity index (χ3n) is 4.67. The van der Waals surface area contributed by atoms with Crippen LogP contribution in [0.25, 0.3) is 0 Å². The first-order chi connectivity index (χ1) is 11.3. The van der Waals surface area contributed by atoms with Crippen LogP contribution in [0.5, 0.6) is 5.75 Å². The van der Waals surface area contributed by atoms with Gasteiger partial charge in [0.25, 0.3) is 0 Å². The molecule has 0 bridgehead atoms. The molecule has 1 aromatic rings. The highest BCUT2D eigenvalue weighted by Gasteiger charge is 2.40. The maximum absolute atomic E-state index is 6.38. The Morgan fingerprint density at radius 2 is 1.88 bits per heavy atom. The van der Waals surface area contributed by atoms with Gasteiger partial charge >= 0.3 is 0 Å². The Morgan fingerprint density at radius 1 is 1.21 bits per heavy atom. The van der Waals surface area contributed by atoms with Crippen LogP contribution in [0.3, 0.4) is 0 Å². The van der Waals surface area contributed by atoms with Gasteiger partial charge in [-0.15, -0.1) is 0 Å². The third kappa shape index (κ3) is 4.00. The number of epoxide rings is 1. The molecule has 1 saturated heterocycles. The summed E-state index contributed by atoms with van der Waals surface area (Å²) in [6, 6.07) is 8.16. The van der Waals surface area contributed by atoms with E-state index in [0.717, 1.165) is 24.3 Å². The Labute approximate surface area is 145 Å². The highest BCUT2D eigenvalue weighted by molar-refractivity contribution is 5.28. The summed E-state index contributed by atoms with van der Waals surface area (Å²) in [6.07, 6.45) is 5.72. The Kier molecular flexibility index (Phi) is 4.73. The van der Waals surface area contributed by atoms with Crippen LogP contribution in [0.2, 0.25) is 0 Å². The average molecular weight is 331 g/mol. The third-order valence-corrected chi connectivity index (χ3v) is 4.67. The lowest BCUT2D eigenvalue weighted by atomic mass is 9.88. The fourth-order valence-corrected chi connectivity index (χ4v) is 3.25. The van der Waals surface area contributed by atoms with Gasteiger partial charge in [-0.1, -0.05) is 24.3 Å². The number of hydrogen-bond donors (Lipinski definition) is 0. The van der Waals surface area contributed by atoms with Crippen molar-refractivity contribution in [3.63, 3.8) is 0 Å². The molecule has 24 heavy (non-hydrogen) atoms. The quantitative estimate of drug-likeness (QED) is 0.576. The van der Waals surface area contributed by atoms with Crippen LogP contribution in [0.4, 0.5) is 0 Å². The monoisotopic (exact) mass is 331 g/mol. The summed E-state index contributed by atoms with van der Waals surface area (Å²) < 4.78 is 10.9. The van der Waals surface area contributed by atoms with Crippen molar-refractivity contribution in [2.75, 3.05) is 13.2 Å². The highest BCUT2D eigenvalue weighted by atomic mass is 16.7. The van der Waals surface area contributed by atoms with Crippen molar-refractivity contribution in [1.29, 1.82) is 0 Å². The van der Waals surface area contributed by atoms with E-state index in [4.69, 9.17) is 14.3 Å². The Balaban J connectivity index is 1.64. The summed E-state index contributed by atoms with van der Waals surface area (Å²) >= 11 is 0. The second-order valence-electron chi connectivity index (χ2n) is 7.95. The predicted octanol–water partition coefficient (Wildman–Crippen LogP) is 4.28. The van der Waals surface area contributed by atoms with Crippen LogP contribution in [0, 0.1) is 0 Å². The van der Waals surface area contributed by atoms with Gasteiger partial charge in [-0.25, -0.2) is 0 Å². The van der Waals surface area contributed by atoms with Gasteiger partial charge in [0, 0.05) is 5.54 Å². The summed E-state index contributed by atoms with van der Waals surface area (Å²) in [5.41, 5.74) is 0.995. The summed E-state index contributed by atoms with van der Waals surface area (Å²) in [5.74, 6) is 0.878. The fourth-order valence-electron chi connectivity index (χ4n) is 3.25. The lowest BCUT2D eigenvalue weighted by molar-refractivity contribution is -0.282. The molecule has 2 aliphatic rings. The van der Waals surface area contributed by atoms with Crippen LogP contribution in [0.1, 0.15) is 52.7 Å². The van der Waals surface area contributed by atoms with Gasteiger partial charge < -0.3 is 9.47 Å². The second-order valence-corrected chi connectivity index (χ2v) is 7.95. The smallest absolute Gasteiger partial charge is 0.119 e. The Hall–Kier alpha value is -1.36. The first-order valence-electron chi connectivity index (χ1n) is 8.77. The molecule has 0 spiro atoms. The zero-order valence-corrected chi connectivity index (χ0v) is 15.4. The van der Waals surface area contributed by atoms with Crippen molar-refractivity contribution >= 4 is 0 Å². The van der Waals surface area contributed by atoms with Crippen molar-refractivity contribution in [2.24, 2.45) is 0 Å². The highest BCUT2D eigenvalue weighted by Crippen LogP contribution is 2.37. The topological polar surface area (TPSA) is 34.2 Å². The normalized spacial score (nSPS) is 26.1. The molecule has 2 unspecified atom stereocenters. The van der Waals surface area contributed by atoms with Crippen LogP contribution in [0.15, 0.2) is 36.4 Å². The minimum atomic E-state index is -0.122. The lowest BCUT2D eigenvalue weighted by Crippen LogP contribution is -2.56. The number of nitrogens with zero attached hydrogens (tertiary/aromatic N) is 1. The molecule has 132 valence electrons. The molecule has 2 atom stereocenters. The molecular formula is C20H29NO3. The van der Waals surface area contributed by atoms with Crippen molar-refractivity contribution < 1.29 is 14.3 Å². The minimum Gasteiger partial charge on any atom is -0.491 e. The zero-order chi connectivity index (χ0) is 17.4. The van der Waals surface area contributed by atoms with Gasteiger partial charge in [-0.3, -0.25) is 4.84 Å². The molecule has 0 saturated carbocycles. The van der Waals surface area contributed by atoms with Gasteiger partial charge in [0.1, 0.15) is 24.6 Å². The fraction of sp³-hybridized carbons (Fsp3) is 0.600. The molecule has 0 N–H and O–H groups in total. The molecule has 2 aliphatic heterocycles. The molecule has 0 radical (unpaired) electrons. The summed E-state index contributed by atoms with van der Waals surface area (Å²) in [4.78, 5) is 6.38. The molecule has 2 heterocycles. The van der Waals surface area contributed by atoms with Crippen LogP contribution in [-0.2, 0) is 9.57 Å². The van der Waals surface area contributed by atoms with Crippen molar-refractivity contribution in [3.8, 4) is 5.75 Å². The second kappa shape index (κ2) is 6.51. The minimum absolute atomic E-state index is 0.0177. The van der Waals surface area contributed by atoms with Crippen molar-refractivity contribution in [3.05, 3.63) is 42.0 Å². The molecule has 0 aromatic heterocycles. The van der Waals surface area contributed by atoms with E-state index in [-0.39, 0.29) is 23.3 Å². The lowest BCUT2D eigenvalue weighted by Gasteiger charge is -2.49. The number of ether oxygens (including phenoxy) is 2. The van der Waals surface area contributed by atoms with E-state index >= 15 is 0 Å². The number of hydroxylamine groups is 2. The summed E-state index contributed by atoms with van der Waals surface area (Å²) in [7, 11) is 0. The van der Waals surface area contributed by atoms with E-state index in [1.165, 1.54) is 0 Å². The maximum atomic E-state index is 6.38. The summed E-state index contributed by atoms with van der Waals surface area (Å²) in [6.45, 7) is 12.4. The molecule has 4 nitrogen and oxygen atoms in total. The first kappa shape index (κ1) is 17.5. The molecule has 3 rings (SSSR count). The largest absolute Gasteiger partial charge is 0.491 e. The first-order valence-corrected chi connectivity index (χ1v) is 8.77. The molecule has 4 heteroatoms. The van der Waals surface area contributed by atoms with E-state index in [1.807, 2.05) is 12.1 Å².